The molecule has 0 spiro atoms. The molecule has 3 nitrogen and oxygen atoms in total. The van der Waals surface area contributed by atoms with E-state index >= 15 is 0 Å². The number of hydrogen-bond donors (Lipinski definition) is 0. The van der Waals surface area contributed by atoms with Crippen molar-refractivity contribution in [3.8, 4) is 11.5 Å². The lowest BCUT2D eigenvalue weighted by molar-refractivity contribution is 0.0942. The monoisotopic (exact) mass is 256 g/mol. The van der Waals surface area contributed by atoms with Gasteiger partial charge in [-0.2, -0.15) is 0 Å². The number of methoxy groups -OCH3 is 1. The van der Waals surface area contributed by atoms with Gasteiger partial charge in [0.15, 0.2) is 5.78 Å². The third-order valence-electron chi connectivity index (χ3n) is 2.12. The molecule has 0 bridgehead atoms. The zero-order valence-electron chi connectivity index (χ0n) is 7.62. The summed E-state index contributed by atoms with van der Waals surface area (Å²) < 4.78 is 10.5. The Labute approximate surface area is 90.1 Å². The molecule has 2 rings (SSSR count). The molecule has 0 fully saturated rings. The molecule has 0 saturated carbocycles. The van der Waals surface area contributed by atoms with E-state index in [1.165, 1.54) is 0 Å². The Kier molecular flexibility index (Phi) is 2.46. The molecule has 1 aliphatic rings. The van der Waals surface area contributed by atoms with E-state index in [4.69, 9.17) is 9.47 Å². The van der Waals surface area contributed by atoms with Gasteiger partial charge in [0, 0.05) is 0 Å². The fraction of sp³-hybridized carbons (Fsp3) is 0.300. The number of ketones is 1. The second kappa shape index (κ2) is 3.61. The van der Waals surface area contributed by atoms with E-state index in [1.807, 2.05) is 0 Å². The van der Waals surface area contributed by atoms with Gasteiger partial charge in [-0.05, 0) is 12.1 Å². The number of halogens is 1. The molecule has 1 atom stereocenters. The average Bonchev–Trinajstić information content (AvgIpc) is 2.23. The quantitative estimate of drug-likeness (QED) is 0.722. The first kappa shape index (κ1) is 9.52. The maximum absolute atomic E-state index is 11.8. The van der Waals surface area contributed by atoms with Crippen LogP contribution in [0.5, 0.6) is 11.5 Å². The molecule has 0 saturated heterocycles. The number of Topliss-reactive ketones (excluding diaryl/α,β-unsaturated/α-hetero) is 1. The molecule has 1 aliphatic heterocycles. The van der Waals surface area contributed by atoms with E-state index in [-0.39, 0.29) is 10.6 Å². The zero-order chi connectivity index (χ0) is 10.1. The van der Waals surface area contributed by atoms with Gasteiger partial charge in [-0.1, -0.05) is 22.0 Å². The topological polar surface area (TPSA) is 35.5 Å². The lowest BCUT2D eigenvalue weighted by Gasteiger charge is -2.21. The molecule has 1 heterocycles. The molecule has 0 aromatic heterocycles. The van der Waals surface area contributed by atoms with Crippen LogP contribution in [0, 0.1) is 0 Å². The van der Waals surface area contributed by atoms with Gasteiger partial charge >= 0.3 is 0 Å². The number of fused-ring (bicyclic) bond motifs is 1. The summed E-state index contributed by atoms with van der Waals surface area (Å²) in [5.74, 6) is 1.19. The van der Waals surface area contributed by atoms with Gasteiger partial charge in [0.2, 0.25) is 0 Å². The summed E-state index contributed by atoms with van der Waals surface area (Å²) in [6.45, 7) is 0.374. The summed E-state index contributed by atoms with van der Waals surface area (Å²) in [7, 11) is 1.54. The lowest BCUT2D eigenvalue weighted by Crippen LogP contribution is -2.28. The molecule has 1 unspecified atom stereocenters. The molecule has 0 radical (unpaired) electrons. The van der Waals surface area contributed by atoms with Gasteiger partial charge in [-0.3, -0.25) is 4.79 Å². The largest absolute Gasteiger partial charge is 0.496 e. The van der Waals surface area contributed by atoms with Crippen LogP contribution in [0.3, 0.4) is 0 Å². The van der Waals surface area contributed by atoms with Crippen LogP contribution >= 0.6 is 15.9 Å². The van der Waals surface area contributed by atoms with Crippen molar-refractivity contribution in [2.24, 2.45) is 0 Å². The zero-order valence-corrected chi connectivity index (χ0v) is 9.21. The van der Waals surface area contributed by atoms with Gasteiger partial charge in [-0.25, -0.2) is 0 Å². The number of rotatable bonds is 1. The highest BCUT2D eigenvalue weighted by molar-refractivity contribution is 9.10. The summed E-state index contributed by atoms with van der Waals surface area (Å²) in [4.78, 5) is 11.5. The third kappa shape index (κ3) is 1.39. The Morgan fingerprint density at radius 1 is 1.57 bits per heavy atom. The molecular formula is C10H9BrO3. The van der Waals surface area contributed by atoms with Gasteiger partial charge in [0.05, 0.1) is 7.11 Å². The number of carbonyl (C=O) groups is 1. The number of benzene rings is 1. The normalized spacial score (nSPS) is 19.9. The van der Waals surface area contributed by atoms with Crippen LogP contribution in [0.4, 0.5) is 0 Å². The highest BCUT2D eigenvalue weighted by Gasteiger charge is 2.29. The minimum atomic E-state index is -0.272. The van der Waals surface area contributed by atoms with Crippen LogP contribution in [0.2, 0.25) is 0 Å². The van der Waals surface area contributed by atoms with Crippen LogP contribution in [0.1, 0.15) is 10.4 Å². The average molecular weight is 257 g/mol. The molecule has 74 valence electrons. The van der Waals surface area contributed by atoms with Crippen molar-refractivity contribution in [3.63, 3.8) is 0 Å². The van der Waals surface area contributed by atoms with E-state index in [2.05, 4.69) is 15.9 Å². The fourth-order valence-electron chi connectivity index (χ4n) is 1.44. The van der Waals surface area contributed by atoms with Gasteiger partial charge in [0.25, 0.3) is 0 Å². The standard InChI is InChI=1S/C10H9BrO3/c1-13-7-3-2-4-8-9(7)10(12)6(11)5-14-8/h2-4,6H,5H2,1H3. The van der Waals surface area contributed by atoms with Crippen molar-refractivity contribution < 1.29 is 14.3 Å². The Hall–Kier alpha value is -1.03. The first-order chi connectivity index (χ1) is 6.74. The maximum atomic E-state index is 11.8. The second-order valence-corrected chi connectivity index (χ2v) is 4.08. The van der Waals surface area contributed by atoms with Crippen molar-refractivity contribution in [1.82, 2.24) is 0 Å². The minimum Gasteiger partial charge on any atom is -0.496 e. The predicted octanol–water partition coefficient (Wildman–Crippen LogP) is 2.03. The Morgan fingerprint density at radius 3 is 3.07 bits per heavy atom. The molecule has 14 heavy (non-hydrogen) atoms. The molecule has 0 amide bonds. The van der Waals surface area contributed by atoms with Crippen LogP contribution in [0.15, 0.2) is 18.2 Å². The highest BCUT2D eigenvalue weighted by Crippen LogP contribution is 2.34. The van der Waals surface area contributed by atoms with Gasteiger partial charge < -0.3 is 9.47 Å². The summed E-state index contributed by atoms with van der Waals surface area (Å²) in [6, 6.07) is 5.33. The second-order valence-electron chi connectivity index (χ2n) is 2.98. The van der Waals surface area contributed by atoms with Gasteiger partial charge in [0.1, 0.15) is 28.5 Å². The van der Waals surface area contributed by atoms with E-state index in [0.717, 1.165) is 0 Å². The third-order valence-corrected chi connectivity index (χ3v) is 2.80. The highest BCUT2D eigenvalue weighted by atomic mass is 79.9. The first-order valence-corrected chi connectivity index (χ1v) is 5.13. The number of hydrogen-bond acceptors (Lipinski definition) is 3. The Balaban J connectivity index is 2.55. The number of ether oxygens (including phenoxy) is 2. The van der Waals surface area contributed by atoms with E-state index in [1.54, 1.807) is 25.3 Å². The lowest BCUT2D eigenvalue weighted by atomic mass is 10.0. The van der Waals surface area contributed by atoms with Crippen molar-refractivity contribution in [2.45, 2.75) is 4.83 Å². The van der Waals surface area contributed by atoms with Gasteiger partial charge in [-0.15, -0.1) is 0 Å². The minimum absolute atomic E-state index is 0.0173. The summed E-state index contributed by atoms with van der Waals surface area (Å²) in [5.41, 5.74) is 0.531. The molecule has 1 aromatic carbocycles. The van der Waals surface area contributed by atoms with Crippen molar-refractivity contribution in [2.75, 3.05) is 13.7 Å². The molecular weight excluding hydrogens is 248 g/mol. The SMILES string of the molecule is COc1cccc2c1C(=O)C(Br)CO2. The first-order valence-electron chi connectivity index (χ1n) is 4.22. The maximum Gasteiger partial charge on any atom is 0.187 e. The van der Waals surface area contributed by atoms with Crippen LogP contribution in [0.25, 0.3) is 0 Å². The van der Waals surface area contributed by atoms with Crippen LogP contribution in [-0.2, 0) is 0 Å². The predicted molar refractivity (Wildman–Crippen MR) is 55.5 cm³/mol. The van der Waals surface area contributed by atoms with Crippen molar-refractivity contribution >= 4 is 21.7 Å². The smallest absolute Gasteiger partial charge is 0.187 e. The number of carbonyl (C=O) groups excluding carboxylic acids is 1. The fourth-order valence-corrected chi connectivity index (χ4v) is 1.80. The molecule has 4 heteroatoms. The Morgan fingerprint density at radius 2 is 2.36 bits per heavy atom. The van der Waals surface area contributed by atoms with E-state index < -0.39 is 0 Å². The molecule has 0 N–H and O–H groups in total. The molecule has 1 aromatic rings. The van der Waals surface area contributed by atoms with Crippen molar-refractivity contribution in [1.29, 1.82) is 0 Å². The summed E-state index contributed by atoms with van der Waals surface area (Å²) in [6.07, 6.45) is 0. The summed E-state index contributed by atoms with van der Waals surface area (Å²) in [5, 5.41) is 0. The van der Waals surface area contributed by atoms with E-state index in [9.17, 15) is 4.79 Å². The molecule has 0 aliphatic carbocycles. The summed E-state index contributed by atoms with van der Waals surface area (Å²) >= 11 is 3.26. The van der Waals surface area contributed by atoms with Crippen LogP contribution < -0.4 is 9.47 Å². The van der Waals surface area contributed by atoms with Crippen molar-refractivity contribution in [3.05, 3.63) is 23.8 Å². The van der Waals surface area contributed by atoms with Crippen LogP contribution in [-0.4, -0.2) is 24.3 Å². The van der Waals surface area contributed by atoms with E-state index in [0.29, 0.717) is 23.7 Å². The number of alkyl halides is 1. The Bertz CT molecular complexity index is 361.